The maximum absolute atomic E-state index is 10.3. The molecule has 6 heteroatoms. The molecule has 0 aliphatic rings. The average Bonchev–Trinajstić information content (AvgIpc) is 2.70. The zero-order valence-electron chi connectivity index (χ0n) is 7.28. The van der Waals surface area contributed by atoms with Crippen LogP contribution in [0.2, 0.25) is 10.0 Å². The van der Waals surface area contributed by atoms with E-state index in [9.17, 15) is 4.79 Å². The van der Waals surface area contributed by atoms with Crippen LogP contribution in [0.5, 0.6) is 0 Å². The first-order valence-electron chi connectivity index (χ1n) is 3.95. The molecule has 0 aliphatic carbocycles. The van der Waals surface area contributed by atoms with Crippen LogP contribution in [0.1, 0.15) is 10.7 Å². The Balaban J connectivity index is 2.52. The lowest BCUT2D eigenvalue weighted by Crippen LogP contribution is -1.83. The fourth-order valence-corrected chi connectivity index (χ4v) is 1.44. The van der Waals surface area contributed by atoms with Gasteiger partial charge in [-0.2, -0.15) is 4.98 Å². The van der Waals surface area contributed by atoms with Gasteiger partial charge in [-0.1, -0.05) is 28.4 Å². The summed E-state index contributed by atoms with van der Waals surface area (Å²) in [6.45, 7) is 0. The second-order valence-electron chi connectivity index (χ2n) is 2.70. The Labute approximate surface area is 94.8 Å². The molecular formula is C9H4Cl2N2O2. The Morgan fingerprint density at radius 1 is 1.33 bits per heavy atom. The number of aromatic nitrogens is 2. The van der Waals surface area contributed by atoms with Crippen molar-refractivity contribution in [2.75, 3.05) is 0 Å². The minimum absolute atomic E-state index is 0.0963. The van der Waals surface area contributed by atoms with Crippen LogP contribution >= 0.6 is 23.2 Å². The molecule has 15 heavy (non-hydrogen) atoms. The minimum atomic E-state index is -0.0963. The Morgan fingerprint density at radius 3 is 2.80 bits per heavy atom. The highest BCUT2D eigenvalue weighted by molar-refractivity contribution is 6.35. The third-order valence-electron chi connectivity index (χ3n) is 1.71. The molecule has 0 unspecified atom stereocenters. The second-order valence-corrected chi connectivity index (χ2v) is 3.54. The van der Waals surface area contributed by atoms with E-state index in [1.165, 1.54) is 0 Å². The summed E-state index contributed by atoms with van der Waals surface area (Å²) in [6, 6.07) is 4.87. The Morgan fingerprint density at radius 2 is 2.13 bits per heavy atom. The highest BCUT2D eigenvalue weighted by atomic mass is 35.5. The van der Waals surface area contributed by atoms with Gasteiger partial charge in [-0.25, -0.2) is 0 Å². The summed E-state index contributed by atoms with van der Waals surface area (Å²) in [4.78, 5) is 14.2. The third-order valence-corrected chi connectivity index (χ3v) is 2.28. The molecule has 2 rings (SSSR count). The molecule has 76 valence electrons. The lowest BCUT2D eigenvalue weighted by molar-refractivity contribution is 0.108. The van der Waals surface area contributed by atoms with Gasteiger partial charge in [0.15, 0.2) is 0 Å². The fourth-order valence-electron chi connectivity index (χ4n) is 1.06. The van der Waals surface area contributed by atoms with Crippen molar-refractivity contribution in [2.24, 2.45) is 0 Å². The Kier molecular flexibility index (Phi) is 2.70. The van der Waals surface area contributed by atoms with Crippen LogP contribution in [0.25, 0.3) is 11.4 Å². The van der Waals surface area contributed by atoms with E-state index in [4.69, 9.17) is 23.2 Å². The van der Waals surface area contributed by atoms with Crippen molar-refractivity contribution in [3.05, 3.63) is 34.1 Å². The van der Waals surface area contributed by atoms with E-state index in [0.29, 0.717) is 21.9 Å². The molecule has 2 aromatic rings. The molecule has 0 aliphatic heterocycles. The summed E-state index contributed by atoms with van der Waals surface area (Å²) < 4.78 is 4.63. The van der Waals surface area contributed by atoms with Gasteiger partial charge in [0, 0.05) is 10.6 Å². The van der Waals surface area contributed by atoms with E-state index in [1.807, 2.05) is 0 Å². The van der Waals surface area contributed by atoms with Gasteiger partial charge in [-0.05, 0) is 18.2 Å². The first kappa shape index (κ1) is 10.1. The van der Waals surface area contributed by atoms with Gasteiger partial charge < -0.3 is 4.52 Å². The Hall–Kier alpha value is -1.39. The van der Waals surface area contributed by atoms with Gasteiger partial charge in [0.25, 0.3) is 5.89 Å². The largest absolute Gasteiger partial charge is 0.331 e. The van der Waals surface area contributed by atoms with Gasteiger partial charge >= 0.3 is 0 Å². The van der Waals surface area contributed by atoms with Crippen LogP contribution in [0.3, 0.4) is 0 Å². The summed E-state index contributed by atoms with van der Waals surface area (Å²) in [5.74, 6) is 0.144. The average molecular weight is 243 g/mol. The van der Waals surface area contributed by atoms with Crippen molar-refractivity contribution in [3.8, 4) is 11.4 Å². The van der Waals surface area contributed by atoms with Crippen molar-refractivity contribution in [2.45, 2.75) is 0 Å². The number of aldehydes is 1. The van der Waals surface area contributed by atoms with Crippen LogP contribution in [0.4, 0.5) is 0 Å². The standard InChI is InChI=1S/C9H4Cl2N2O2/c10-5-1-2-7(11)6(3-5)9-12-8(4-14)15-13-9/h1-4H. The predicted molar refractivity (Wildman–Crippen MR) is 55.1 cm³/mol. The third kappa shape index (κ3) is 2.00. The normalized spacial score (nSPS) is 10.3. The molecular weight excluding hydrogens is 239 g/mol. The summed E-state index contributed by atoms with van der Waals surface area (Å²) in [6.07, 6.45) is 0.467. The first-order valence-corrected chi connectivity index (χ1v) is 4.70. The van der Waals surface area contributed by atoms with Crippen LogP contribution in [0.15, 0.2) is 22.7 Å². The molecule has 0 fully saturated rings. The van der Waals surface area contributed by atoms with Crippen molar-refractivity contribution in [1.82, 2.24) is 10.1 Å². The van der Waals surface area contributed by atoms with Gasteiger partial charge in [0.05, 0.1) is 5.02 Å². The van der Waals surface area contributed by atoms with E-state index in [1.54, 1.807) is 18.2 Å². The topological polar surface area (TPSA) is 56.0 Å². The molecule has 0 N–H and O–H groups in total. The van der Waals surface area contributed by atoms with E-state index >= 15 is 0 Å². The maximum atomic E-state index is 10.3. The molecule has 0 amide bonds. The van der Waals surface area contributed by atoms with Crippen LogP contribution in [-0.2, 0) is 0 Å². The molecule has 4 nitrogen and oxygen atoms in total. The molecule has 0 bridgehead atoms. The summed E-state index contributed by atoms with van der Waals surface area (Å²) >= 11 is 11.7. The number of carbonyl (C=O) groups is 1. The molecule has 1 heterocycles. The minimum Gasteiger partial charge on any atom is -0.331 e. The number of rotatable bonds is 2. The molecule has 0 spiro atoms. The Bertz CT molecular complexity index is 511. The molecule has 0 radical (unpaired) electrons. The molecule has 0 atom stereocenters. The lowest BCUT2D eigenvalue weighted by Gasteiger charge is -1.98. The predicted octanol–water partition coefficient (Wildman–Crippen LogP) is 2.86. The SMILES string of the molecule is O=Cc1nc(-c2cc(Cl)ccc2Cl)no1. The lowest BCUT2D eigenvalue weighted by atomic mass is 10.2. The molecule has 0 saturated heterocycles. The van der Waals surface area contributed by atoms with E-state index in [-0.39, 0.29) is 11.7 Å². The van der Waals surface area contributed by atoms with E-state index in [2.05, 4.69) is 14.7 Å². The van der Waals surface area contributed by atoms with Crippen LogP contribution in [-0.4, -0.2) is 16.4 Å². The number of hydrogen-bond donors (Lipinski definition) is 0. The quantitative estimate of drug-likeness (QED) is 0.761. The number of halogens is 2. The first-order chi connectivity index (χ1) is 7.20. The van der Waals surface area contributed by atoms with Crippen LogP contribution in [0, 0.1) is 0 Å². The zero-order valence-corrected chi connectivity index (χ0v) is 8.79. The second kappa shape index (κ2) is 4.00. The highest BCUT2D eigenvalue weighted by Crippen LogP contribution is 2.28. The van der Waals surface area contributed by atoms with Gasteiger partial charge in [0.1, 0.15) is 0 Å². The summed E-state index contributed by atoms with van der Waals surface area (Å²) in [5.41, 5.74) is 0.529. The number of benzene rings is 1. The summed E-state index contributed by atoms with van der Waals surface area (Å²) in [7, 11) is 0. The molecule has 1 aromatic heterocycles. The van der Waals surface area contributed by atoms with Crippen molar-refractivity contribution >= 4 is 29.5 Å². The maximum Gasteiger partial charge on any atom is 0.291 e. The van der Waals surface area contributed by atoms with Crippen molar-refractivity contribution in [3.63, 3.8) is 0 Å². The highest BCUT2D eigenvalue weighted by Gasteiger charge is 2.11. The van der Waals surface area contributed by atoms with Crippen LogP contribution < -0.4 is 0 Å². The summed E-state index contributed by atoms with van der Waals surface area (Å²) in [5, 5.41) is 4.55. The van der Waals surface area contributed by atoms with E-state index < -0.39 is 0 Å². The van der Waals surface area contributed by atoms with Gasteiger partial charge in [-0.15, -0.1) is 0 Å². The zero-order chi connectivity index (χ0) is 10.8. The monoisotopic (exact) mass is 242 g/mol. The number of hydrogen-bond acceptors (Lipinski definition) is 4. The van der Waals surface area contributed by atoms with Gasteiger partial charge in [0.2, 0.25) is 12.1 Å². The smallest absolute Gasteiger partial charge is 0.291 e. The number of nitrogens with zero attached hydrogens (tertiary/aromatic N) is 2. The van der Waals surface area contributed by atoms with Crippen molar-refractivity contribution in [1.29, 1.82) is 0 Å². The van der Waals surface area contributed by atoms with Crippen molar-refractivity contribution < 1.29 is 9.32 Å². The number of carbonyl (C=O) groups excluding carboxylic acids is 1. The molecule has 0 saturated carbocycles. The fraction of sp³-hybridized carbons (Fsp3) is 0. The van der Waals surface area contributed by atoms with E-state index in [0.717, 1.165) is 0 Å². The molecule has 1 aromatic carbocycles. The van der Waals surface area contributed by atoms with Gasteiger partial charge in [-0.3, -0.25) is 4.79 Å².